The summed E-state index contributed by atoms with van der Waals surface area (Å²) >= 11 is 2.82. The number of aromatic nitrogens is 3. The molecule has 170 valence electrons. The van der Waals surface area contributed by atoms with E-state index in [1.165, 1.54) is 35.1 Å². The lowest BCUT2D eigenvalue weighted by Gasteiger charge is -2.03. The molecule has 0 spiro atoms. The van der Waals surface area contributed by atoms with Crippen LogP contribution in [0.5, 0.6) is 0 Å². The number of benzene rings is 2. The summed E-state index contributed by atoms with van der Waals surface area (Å²) in [6, 6.07) is 17.8. The molecule has 0 unspecified atom stereocenters. The lowest BCUT2D eigenvalue weighted by Crippen LogP contribution is -2.11. The van der Waals surface area contributed by atoms with Crippen molar-refractivity contribution in [3.8, 4) is 11.3 Å². The third-order valence-corrected chi connectivity index (χ3v) is 8.52. The minimum absolute atomic E-state index is 0.0846. The van der Waals surface area contributed by atoms with E-state index in [0.717, 1.165) is 10.1 Å². The van der Waals surface area contributed by atoms with Gasteiger partial charge < -0.3 is 4.52 Å². The van der Waals surface area contributed by atoms with Crippen molar-refractivity contribution in [2.75, 3.05) is 11.1 Å². The lowest BCUT2D eigenvalue weighted by atomic mass is 10.1. The van der Waals surface area contributed by atoms with Gasteiger partial charge in [-0.05, 0) is 36.2 Å². The molecule has 11 heteroatoms. The van der Waals surface area contributed by atoms with Gasteiger partial charge in [-0.2, -0.15) is 0 Å². The fourth-order valence-electron chi connectivity index (χ4n) is 2.93. The van der Waals surface area contributed by atoms with E-state index < -0.39 is 15.7 Å². The molecule has 4 rings (SSSR count). The van der Waals surface area contributed by atoms with Crippen LogP contribution in [-0.2, 0) is 15.6 Å². The van der Waals surface area contributed by atoms with Gasteiger partial charge in [0.2, 0.25) is 5.13 Å². The summed E-state index contributed by atoms with van der Waals surface area (Å²) in [5, 5.41) is 15.0. The molecule has 0 aliphatic carbocycles. The van der Waals surface area contributed by atoms with Gasteiger partial charge in [-0.15, -0.1) is 10.2 Å². The Labute approximate surface area is 199 Å². The zero-order chi connectivity index (χ0) is 23.3. The number of hydrogen-bond acceptors (Lipinski definition) is 9. The maximum atomic E-state index is 12.5. The Morgan fingerprint density at radius 3 is 2.58 bits per heavy atom. The quantitative estimate of drug-likeness (QED) is 0.254. The first-order chi connectivity index (χ1) is 15.9. The molecular weight excluding hydrogens is 480 g/mol. The molecule has 0 fully saturated rings. The molecule has 0 aliphatic heterocycles. The predicted molar refractivity (Wildman–Crippen MR) is 128 cm³/mol. The van der Waals surface area contributed by atoms with Crippen LogP contribution in [0.15, 0.2) is 74.4 Å². The van der Waals surface area contributed by atoms with Crippen LogP contribution in [-0.4, -0.2) is 35.4 Å². The van der Waals surface area contributed by atoms with Gasteiger partial charge >= 0.3 is 0 Å². The molecule has 0 saturated heterocycles. The van der Waals surface area contributed by atoms with Crippen LogP contribution in [0.25, 0.3) is 11.3 Å². The highest BCUT2D eigenvalue weighted by Crippen LogP contribution is 2.29. The smallest absolute Gasteiger partial charge is 0.279 e. The second-order valence-electron chi connectivity index (χ2n) is 7.02. The maximum absolute atomic E-state index is 12.5. The van der Waals surface area contributed by atoms with Crippen molar-refractivity contribution in [3.63, 3.8) is 0 Å². The van der Waals surface area contributed by atoms with Crippen LogP contribution in [0.1, 0.15) is 29.4 Å². The van der Waals surface area contributed by atoms with Gasteiger partial charge in [0.15, 0.2) is 25.6 Å². The molecule has 33 heavy (non-hydrogen) atoms. The lowest BCUT2D eigenvalue weighted by molar-refractivity contribution is 0.101. The minimum atomic E-state index is -3.29. The van der Waals surface area contributed by atoms with Crippen molar-refractivity contribution in [3.05, 3.63) is 71.9 Å². The summed E-state index contributed by atoms with van der Waals surface area (Å²) in [5.74, 6) is 0.741. The number of carbonyl (C=O) groups is 1. The van der Waals surface area contributed by atoms with E-state index in [1.54, 1.807) is 23.9 Å². The molecule has 1 amide bonds. The molecule has 2 heterocycles. The maximum Gasteiger partial charge on any atom is 0.279 e. The number of rotatable bonds is 9. The second kappa shape index (κ2) is 10.3. The molecule has 8 nitrogen and oxygen atoms in total. The van der Waals surface area contributed by atoms with E-state index in [1.807, 2.05) is 37.3 Å². The fourth-order valence-corrected chi connectivity index (χ4v) is 5.96. The first-order valence-corrected chi connectivity index (χ1v) is 13.5. The van der Waals surface area contributed by atoms with Crippen LogP contribution in [0.3, 0.4) is 0 Å². The van der Waals surface area contributed by atoms with Gasteiger partial charge in [-0.1, -0.05) is 65.5 Å². The molecule has 2 aromatic carbocycles. The van der Waals surface area contributed by atoms with Crippen molar-refractivity contribution < 1.29 is 17.7 Å². The summed E-state index contributed by atoms with van der Waals surface area (Å²) in [4.78, 5) is 12.8. The van der Waals surface area contributed by atoms with Gasteiger partial charge in [0.05, 0.1) is 10.6 Å². The van der Waals surface area contributed by atoms with Crippen LogP contribution in [0.4, 0.5) is 5.13 Å². The number of nitrogens with one attached hydrogen (secondary N) is 1. The van der Waals surface area contributed by atoms with Crippen LogP contribution in [0, 0.1) is 0 Å². The number of thioether (sulfide) groups is 1. The summed E-state index contributed by atoms with van der Waals surface area (Å²) in [5.41, 5.74) is 1.88. The van der Waals surface area contributed by atoms with Crippen LogP contribution >= 0.6 is 23.1 Å². The molecule has 0 saturated carbocycles. The molecule has 0 radical (unpaired) electrons. The van der Waals surface area contributed by atoms with Crippen molar-refractivity contribution in [2.24, 2.45) is 0 Å². The van der Waals surface area contributed by atoms with Crippen LogP contribution in [0.2, 0.25) is 0 Å². The summed E-state index contributed by atoms with van der Waals surface area (Å²) < 4.78 is 30.3. The first kappa shape index (κ1) is 23.1. The van der Waals surface area contributed by atoms with Crippen LogP contribution < -0.4 is 5.32 Å². The van der Waals surface area contributed by atoms with E-state index in [9.17, 15) is 13.2 Å². The highest BCUT2D eigenvalue weighted by atomic mass is 32.2. The topological polar surface area (TPSA) is 115 Å². The Hall–Kier alpha value is -3.02. The fraction of sp³-hybridized carbons (Fsp3) is 0.182. The Morgan fingerprint density at radius 1 is 1.09 bits per heavy atom. The monoisotopic (exact) mass is 500 g/mol. The Morgan fingerprint density at radius 2 is 1.85 bits per heavy atom. The molecule has 1 N–H and O–H groups in total. The van der Waals surface area contributed by atoms with E-state index in [2.05, 4.69) is 20.7 Å². The average molecular weight is 501 g/mol. The van der Waals surface area contributed by atoms with E-state index in [0.29, 0.717) is 22.9 Å². The highest BCUT2D eigenvalue weighted by molar-refractivity contribution is 8.00. The molecule has 2 aromatic heterocycles. The number of carbonyl (C=O) groups excluding carboxylic acids is 1. The molecule has 4 aromatic rings. The van der Waals surface area contributed by atoms with Crippen molar-refractivity contribution >= 4 is 44.0 Å². The zero-order valence-corrected chi connectivity index (χ0v) is 20.0. The Bertz CT molecular complexity index is 1330. The van der Waals surface area contributed by atoms with Crippen molar-refractivity contribution in [1.29, 1.82) is 0 Å². The summed E-state index contributed by atoms with van der Waals surface area (Å²) in [7, 11) is -3.29. The Kier molecular flexibility index (Phi) is 7.21. The predicted octanol–water partition coefficient (Wildman–Crippen LogP) is 4.92. The number of nitrogens with zero attached hydrogens (tertiary/aromatic N) is 3. The van der Waals surface area contributed by atoms with E-state index >= 15 is 0 Å². The van der Waals surface area contributed by atoms with Gasteiger partial charge in [-0.25, -0.2) is 8.42 Å². The standard InChI is InChI=1S/C22H20N4O4S3/c1-2-12-33(28,29)17-10-8-16(9-11-17)19-13-18(26-30-19)20(27)23-21-24-25-22(32-21)31-14-15-6-4-3-5-7-15/h3-11,13H,2,12,14H2,1H3,(H,23,24,27). The van der Waals surface area contributed by atoms with Crippen molar-refractivity contribution in [1.82, 2.24) is 15.4 Å². The molecular formula is C22H20N4O4S3. The number of anilines is 1. The third-order valence-electron chi connectivity index (χ3n) is 4.55. The van der Waals surface area contributed by atoms with Gasteiger partial charge in [0.25, 0.3) is 5.91 Å². The van der Waals surface area contributed by atoms with Gasteiger partial charge in [0, 0.05) is 17.4 Å². The molecule has 0 aliphatic rings. The average Bonchev–Trinajstić information content (AvgIpc) is 3.48. The highest BCUT2D eigenvalue weighted by Gasteiger charge is 2.17. The SMILES string of the molecule is CCCS(=O)(=O)c1ccc(-c2cc(C(=O)Nc3nnc(SCc4ccccc4)s3)no2)cc1. The zero-order valence-electron chi connectivity index (χ0n) is 17.6. The second-order valence-corrected chi connectivity index (χ2v) is 11.3. The van der Waals surface area contributed by atoms with E-state index in [-0.39, 0.29) is 16.3 Å². The van der Waals surface area contributed by atoms with Gasteiger partial charge in [-0.3, -0.25) is 10.1 Å². The minimum Gasteiger partial charge on any atom is -0.355 e. The van der Waals surface area contributed by atoms with E-state index in [4.69, 9.17) is 4.52 Å². The number of sulfone groups is 1. The number of hydrogen-bond donors (Lipinski definition) is 1. The largest absolute Gasteiger partial charge is 0.355 e. The molecule has 0 bridgehead atoms. The third kappa shape index (κ3) is 5.86. The number of amides is 1. The Balaban J connectivity index is 1.38. The van der Waals surface area contributed by atoms with Crippen molar-refractivity contribution in [2.45, 2.75) is 28.3 Å². The normalized spacial score (nSPS) is 11.4. The molecule has 0 atom stereocenters. The summed E-state index contributed by atoms with van der Waals surface area (Å²) in [6.07, 6.45) is 0.548. The first-order valence-electron chi connectivity index (χ1n) is 10.1. The van der Waals surface area contributed by atoms with Gasteiger partial charge in [0.1, 0.15) is 0 Å². The summed E-state index contributed by atoms with van der Waals surface area (Å²) in [6.45, 7) is 1.82.